The number of hydrogen-bond donors (Lipinski definition) is 1. The first-order valence-corrected chi connectivity index (χ1v) is 9.41. The molecule has 0 radical (unpaired) electrons. The van der Waals surface area contributed by atoms with Gasteiger partial charge in [-0.2, -0.15) is 18.4 Å². The molecule has 0 aromatic heterocycles. The first-order chi connectivity index (χ1) is 12.4. The van der Waals surface area contributed by atoms with Crippen molar-refractivity contribution in [2.75, 3.05) is 20.8 Å². The fourth-order valence-corrected chi connectivity index (χ4v) is 3.05. The number of hydrazone groups is 1. The van der Waals surface area contributed by atoms with Gasteiger partial charge >= 0.3 is 0 Å². The van der Waals surface area contributed by atoms with E-state index < -0.39 is 10.0 Å². The summed E-state index contributed by atoms with van der Waals surface area (Å²) < 4.78 is 40.4. The molecule has 0 bridgehead atoms. The summed E-state index contributed by atoms with van der Waals surface area (Å²) in [5.74, 6) is 1.73. The Bertz CT molecular complexity index is 877. The van der Waals surface area contributed by atoms with Gasteiger partial charge in [0.1, 0.15) is 5.75 Å². The van der Waals surface area contributed by atoms with Gasteiger partial charge in [-0.1, -0.05) is 0 Å². The van der Waals surface area contributed by atoms with Crippen LogP contribution in [0.2, 0.25) is 0 Å². The predicted molar refractivity (Wildman–Crippen MR) is 99.7 cm³/mol. The van der Waals surface area contributed by atoms with Gasteiger partial charge in [0.25, 0.3) is 10.0 Å². The fraction of sp³-hybridized carbons (Fsp3) is 0.278. The average molecular weight is 378 g/mol. The lowest BCUT2D eigenvalue weighted by Crippen LogP contribution is -2.20. The van der Waals surface area contributed by atoms with E-state index in [-0.39, 0.29) is 4.90 Å². The van der Waals surface area contributed by atoms with Gasteiger partial charge in [-0.15, -0.1) is 0 Å². The van der Waals surface area contributed by atoms with Crippen LogP contribution in [0.15, 0.2) is 52.5 Å². The van der Waals surface area contributed by atoms with E-state index in [9.17, 15) is 8.42 Å². The molecule has 140 valence electrons. The van der Waals surface area contributed by atoms with Crippen LogP contribution >= 0.6 is 0 Å². The average Bonchev–Trinajstić information content (AvgIpc) is 2.66. The smallest absolute Gasteiger partial charge is 0.276 e. The lowest BCUT2D eigenvalue weighted by molar-refractivity contribution is 0.340. The van der Waals surface area contributed by atoms with Crippen LogP contribution in [-0.2, 0) is 10.0 Å². The van der Waals surface area contributed by atoms with Crippen molar-refractivity contribution in [2.24, 2.45) is 5.10 Å². The van der Waals surface area contributed by atoms with E-state index in [1.165, 1.54) is 19.2 Å². The maximum absolute atomic E-state index is 12.4. The zero-order chi connectivity index (χ0) is 19.2. The summed E-state index contributed by atoms with van der Waals surface area (Å²) in [5, 5.41) is 3.98. The molecular weight excluding hydrogens is 356 g/mol. The SMILES string of the molecule is CCOc1ccc(S(=O)(=O)N/N=C(\C)c2ccc(OC)c(OC)c2)cc1. The van der Waals surface area contributed by atoms with Crippen LogP contribution in [0, 0.1) is 0 Å². The zero-order valence-electron chi connectivity index (χ0n) is 15.1. The van der Waals surface area contributed by atoms with Crippen molar-refractivity contribution in [1.82, 2.24) is 4.83 Å². The molecule has 7 nitrogen and oxygen atoms in total. The van der Waals surface area contributed by atoms with E-state index in [1.807, 2.05) is 6.92 Å². The van der Waals surface area contributed by atoms with Crippen LogP contribution in [0.5, 0.6) is 17.2 Å². The van der Waals surface area contributed by atoms with Crippen molar-refractivity contribution >= 4 is 15.7 Å². The minimum Gasteiger partial charge on any atom is -0.494 e. The Morgan fingerprint density at radius 3 is 2.27 bits per heavy atom. The predicted octanol–water partition coefficient (Wildman–Crippen LogP) is 2.81. The second-order valence-electron chi connectivity index (χ2n) is 5.27. The van der Waals surface area contributed by atoms with Gasteiger partial charge in [0.15, 0.2) is 11.5 Å². The first-order valence-electron chi connectivity index (χ1n) is 7.92. The van der Waals surface area contributed by atoms with Crippen LogP contribution in [-0.4, -0.2) is 35.0 Å². The van der Waals surface area contributed by atoms with Crippen molar-refractivity contribution in [1.29, 1.82) is 0 Å². The van der Waals surface area contributed by atoms with Crippen molar-refractivity contribution in [3.8, 4) is 17.2 Å². The largest absolute Gasteiger partial charge is 0.494 e. The molecular formula is C18H22N2O5S. The zero-order valence-corrected chi connectivity index (χ0v) is 16.0. The number of nitrogens with one attached hydrogen (secondary N) is 1. The molecule has 0 aliphatic carbocycles. The number of methoxy groups -OCH3 is 2. The van der Waals surface area contributed by atoms with E-state index in [2.05, 4.69) is 9.93 Å². The topological polar surface area (TPSA) is 86.2 Å². The third-order valence-corrected chi connectivity index (χ3v) is 4.80. The molecule has 0 aliphatic rings. The lowest BCUT2D eigenvalue weighted by atomic mass is 10.1. The van der Waals surface area contributed by atoms with Gasteiger partial charge in [0, 0.05) is 5.56 Å². The summed E-state index contributed by atoms with van der Waals surface area (Å²) in [4.78, 5) is 2.34. The van der Waals surface area contributed by atoms with Crippen LogP contribution in [0.1, 0.15) is 19.4 Å². The van der Waals surface area contributed by atoms with Gasteiger partial charge in [0.05, 0.1) is 31.4 Å². The minimum atomic E-state index is -3.77. The lowest BCUT2D eigenvalue weighted by Gasteiger charge is -2.10. The Kier molecular flexibility index (Phi) is 6.46. The number of rotatable bonds is 8. The maximum atomic E-state index is 12.4. The molecule has 0 saturated carbocycles. The highest BCUT2D eigenvalue weighted by Crippen LogP contribution is 2.27. The number of nitrogens with zero attached hydrogens (tertiary/aromatic N) is 1. The Balaban J connectivity index is 2.19. The van der Waals surface area contributed by atoms with Gasteiger partial charge in [-0.25, -0.2) is 0 Å². The molecule has 2 aromatic rings. The van der Waals surface area contributed by atoms with Gasteiger partial charge in [-0.05, 0) is 56.3 Å². The van der Waals surface area contributed by atoms with E-state index >= 15 is 0 Å². The number of ether oxygens (including phenoxy) is 3. The second kappa shape index (κ2) is 8.57. The molecule has 0 unspecified atom stereocenters. The molecule has 2 aromatic carbocycles. The highest BCUT2D eigenvalue weighted by molar-refractivity contribution is 7.89. The third-order valence-electron chi connectivity index (χ3n) is 3.58. The maximum Gasteiger partial charge on any atom is 0.276 e. The Hall–Kier alpha value is -2.74. The Labute approximate surface area is 153 Å². The number of benzene rings is 2. The second-order valence-corrected chi connectivity index (χ2v) is 6.93. The molecule has 1 N–H and O–H groups in total. The summed E-state index contributed by atoms with van der Waals surface area (Å²) in [6.07, 6.45) is 0. The monoisotopic (exact) mass is 378 g/mol. The molecule has 8 heteroatoms. The van der Waals surface area contributed by atoms with Crippen molar-refractivity contribution in [3.05, 3.63) is 48.0 Å². The Morgan fingerprint density at radius 2 is 1.69 bits per heavy atom. The van der Waals surface area contributed by atoms with Gasteiger partial charge in [0.2, 0.25) is 0 Å². The molecule has 0 heterocycles. The highest BCUT2D eigenvalue weighted by atomic mass is 32.2. The summed E-state index contributed by atoms with van der Waals surface area (Å²) in [5.41, 5.74) is 1.19. The molecule has 0 saturated heterocycles. The number of sulfonamides is 1. The first kappa shape index (κ1) is 19.6. The van der Waals surface area contributed by atoms with Crippen LogP contribution < -0.4 is 19.0 Å². The van der Waals surface area contributed by atoms with Crippen molar-refractivity contribution < 1.29 is 22.6 Å². The highest BCUT2D eigenvalue weighted by Gasteiger charge is 2.14. The molecule has 2 rings (SSSR count). The van der Waals surface area contributed by atoms with Crippen LogP contribution in [0.3, 0.4) is 0 Å². The van der Waals surface area contributed by atoms with Crippen molar-refractivity contribution in [2.45, 2.75) is 18.7 Å². The van der Waals surface area contributed by atoms with Gasteiger partial charge in [-0.3, -0.25) is 0 Å². The van der Waals surface area contributed by atoms with E-state index in [0.29, 0.717) is 35.1 Å². The number of hydrogen-bond acceptors (Lipinski definition) is 6. The molecule has 0 atom stereocenters. The quantitative estimate of drug-likeness (QED) is 0.564. The molecule has 0 fully saturated rings. The molecule has 0 aliphatic heterocycles. The normalized spacial score (nSPS) is 11.8. The van der Waals surface area contributed by atoms with E-state index in [0.717, 1.165) is 0 Å². The van der Waals surface area contributed by atoms with Crippen LogP contribution in [0.4, 0.5) is 0 Å². The van der Waals surface area contributed by atoms with Crippen LogP contribution in [0.25, 0.3) is 0 Å². The molecule has 0 spiro atoms. The van der Waals surface area contributed by atoms with Crippen molar-refractivity contribution in [3.63, 3.8) is 0 Å². The van der Waals surface area contributed by atoms with E-state index in [4.69, 9.17) is 14.2 Å². The standard InChI is InChI=1S/C18H22N2O5S/c1-5-25-15-7-9-16(10-8-15)26(21,22)20-19-13(2)14-6-11-17(23-3)18(12-14)24-4/h6-12,20H,5H2,1-4H3/b19-13+. The summed E-state index contributed by atoms with van der Waals surface area (Å²) >= 11 is 0. The molecule has 26 heavy (non-hydrogen) atoms. The molecule has 0 amide bonds. The summed E-state index contributed by atoms with van der Waals surface area (Å²) in [7, 11) is -0.697. The third kappa shape index (κ3) is 4.66. The summed E-state index contributed by atoms with van der Waals surface area (Å²) in [6, 6.07) is 11.4. The fourth-order valence-electron chi connectivity index (χ4n) is 2.19. The summed E-state index contributed by atoms with van der Waals surface area (Å²) in [6.45, 7) is 4.07. The van der Waals surface area contributed by atoms with E-state index in [1.54, 1.807) is 44.4 Å². The minimum absolute atomic E-state index is 0.102. The Morgan fingerprint density at radius 1 is 1.04 bits per heavy atom. The van der Waals surface area contributed by atoms with Gasteiger partial charge < -0.3 is 14.2 Å².